The van der Waals surface area contributed by atoms with Gasteiger partial charge in [-0.15, -0.1) is 0 Å². The van der Waals surface area contributed by atoms with Crippen LogP contribution in [0.15, 0.2) is 22.7 Å². The maximum atomic E-state index is 12.9. The van der Waals surface area contributed by atoms with E-state index in [0.717, 1.165) is 16.5 Å². The van der Waals surface area contributed by atoms with Crippen molar-refractivity contribution >= 4 is 26.0 Å². The molecular formula is C13H20BrFN2O2S. The van der Waals surface area contributed by atoms with Crippen LogP contribution >= 0.6 is 15.9 Å². The zero-order chi connectivity index (χ0) is 15.2. The molecule has 0 atom stereocenters. The summed E-state index contributed by atoms with van der Waals surface area (Å²) in [6.45, 7) is 4.14. The number of nitrogens with zero attached hydrogens (tertiary/aromatic N) is 1. The van der Waals surface area contributed by atoms with Gasteiger partial charge in [0.1, 0.15) is 5.82 Å². The van der Waals surface area contributed by atoms with Gasteiger partial charge in [0.2, 0.25) is 10.0 Å². The number of benzene rings is 1. The lowest BCUT2D eigenvalue weighted by atomic mass is 10.2. The van der Waals surface area contributed by atoms with Crippen molar-refractivity contribution in [1.29, 1.82) is 0 Å². The molecule has 0 heterocycles. The monoisotopic (exact) mass is 366 g/mol. The molecule has 0 fully saturated rings. The molecule has 0 saturated carbocycles. The molecule has 1 rings (SSSR count). The predicted molar refractivity (Wildman–Crippen MR) is 82.5 cm³/mol. The fourth-order valence-corrected chi connectivity index (χ4v) is 3.25. The van der Waals surface area contributed by atoms with Crippen LogP contribution in [0.2, 0.25) is 0 Å². The van der Waals surface area contributed by atoms with Gasteiger partial charge in [0.05, 0.1) is 6.26 Å². The lowest BCUT2D eigenvalue weighted by Gasteiger charge is -2.17. The Labute approximate surface area is 128 Å². The molecule has 7 heteroatoms. The zero-order valence-electron chi connectivity index (χ0n) is 11.7. The minimum Gasteiger partial charge on any atom is -0.313 e. The highest BCUT2D eigenvalue weighted by Crippen LogP contribution is 2.17. The van der Waals surface area contributed by atoms with E-state index in [1.54, 1.807) is 6.07 Å². The highest BCUT2D eigenvalue weighted by Gasteiger charge is 2.12. The lowest BCUT2D eigenvalue weighted by molar-refractivity contribution is 0.419. The second-order valence-corrected chi connectivity index (χ2v) is 7.36. The van der Waals surface area contributed by atoms with Crippen LogP contribution < -0.4 is 5.32 Å². The van der Waals surface area contributed by atoms with Gasteiger partial charge in [-0.1, -0.05) is 28.9 Å². The standard InChI is InChI=1S/C13H20BrFN2O2S/c1-3-17(20(2,18)19)8-4-7-16-10-11-5-6-12(15)9-13(11)14/h5-6,9,16H,3-4,7-8,10H2,1-2H3. The molecule has 0 saturated heterocycles. The molecule has 0 spiro atoms. The van der Waals surface area contributed by atoms with E-state index in [2.05, 4.69) is 21.2 Å². The van der Waals surface area contributed by atoms with Crippen molar-refractivity contribution in [3.05, 3.63) is 34.1 Å². The van der Waals surface area contributed by atoms with Gasteiger partial charge in [-0.25, -0.2) is 17.1 Å². The second kappa shape index (κ2) is 8.07. The molecular weight excluding hydrogens is 347 g/mol. The summed E-state index contributed by atoms with van der Waals surface area (Å²) in [4.78, 5) is 0. The van der Waals surface area contributed by atoms with Crippen LogP contribution in [0.1, 0.15) is 18.9 Å². The minimum absolute atomic E-state index is 0.271. The second-order valence-electron chi connectivity index (χ2n) is 4.52. The smallest absolute Gasteiger partial charge is 0.211 e. The van der Waals surface area contributed by atoms with Crippen molar-refractivity contribution < 1.29 is 12.8 Å². The van der Waals surface area contributed by atoms with Crippen molar-refractivity contribution in [2.75, 3.05) is 25.9 Å². The van der Waals surface area contributed by atoms with Gasteiger partial charge < -0.3 is 5.32 Å². The van der Waals surface area contributed by atoms with E-state index in [-0.39, 0.29) is 5.82 Å². The number of hydrogen-bond donors (Lipinski definition) is 1. The van der Waals surface area contributed by atoms with Crippen molar-refractivity contribution in [3.63, 3.8) is 0 Å². The number of hydrogen-bond acceptors (Lipinski definition) is 3. The van der Waals surface area contributed by atoms with Crippen LogP contribution in [0, 0.1) is 5.82 Å². The van der Waals surface area contributed by atoms with E-state index >= 15 is 0 Å². The summed E-state index contributed by atoms with van der Waals surface area (Å²) in [5.41, 5.74) is 0.974. The Bertz CT molecular complexity index is 537. The van der Waals surface area contributed by atoms with Gasteiger partial charge in [0.15, 0.2) is 0 Å². The fraction of sp³-hybridized carbons (Fsp3) is 0.538. The Morgan fingerprint density at radius 1 is 1.40 bits per heavy atom. The first-order chi connectivity index (χ1) is 9.34. The van der Waals surface area contributed by atoms with Gasteiger partial charge in [0.25, 0.3) is 0 Å². The third-order valence-corrected chi connectivity index (χ3v) is 5.03. The largest absolute Gasteiger partial charge is 0.313 e. The third-order valence-electron chi connectivity index (χ3n) is 2.91. The summed E-state index contributed by atoms with van der Waals surface area (Å²) in [7, 11) is -3.11. The average Bonchev–Trinajstić information content (AvgIpc) is 2.34. The van der Waals surface area contributed by atoms with Gasteiger partial charge in [-0.05, 0) is 30.7 Å². The van der Waals surface area contributed by atoms with Gasteiger partial charge in [-0.2, -0.15) is 0 Å². The molecule has 0 aliphatic heterocycles. The summed E-state index contributed by atoms with van der Waals surface area (Å²) in [5, 5.41) is 3.22. The van der Waals surface area contributed by atoms with E-state index < -0.39 is 10.0 Å². The van der Waals surface area contributed by atoms with Crippen LogP contribution in [0.5, 0.6) is 0 Å². The SMILES string of the molecule is CCN(CCCNCc1ccc(F)cc1Br)S(C)(=O)=O. The quantitative estimate of drug-likeness (QED) is 0.718. The summed E-state index contributed by atoms with van der Waals surface area (Å²) >= 11 is 3.31. The number of rotatable bonds is 8. The highest BCUT2D eigenvalue weighted by molar-refractivity contribution is 9.10. The Balaban J connectivity index is 2.32. The van der Waals surface area contributed by atoms with Crippen LogP contribution in [-0.2, 0) is 16.6 Å². The molecule has 20 heavy (non-hydrogen) atoms. The van der Waals surface area contributed by atoms with Crippen molar-refractivity contribution in [3.8, 4) is 0 Å². The zero-order valence-corrected chi connectivity index (χ0v) is 14.1. The molecule has 0 amide bonds. The molecule has 0 aromatic heterocycles. The van der Waals surface area contributed by atoms with Crippen LogP contribution in [-0.4, -0.2) is 38.6 Å². The average molecular weight is 367 g/mol. The normalized spacial score (nSPS) is 12.1. The topological polar surface area (TPSA) is 49.4 Å². The fourth-order valence-electron chi connectivity index (χ4n) is 1.83. The molecule has 114 valence electrons. The summed E-state index contributed by atoms with van der Waals surface area (Å²) in [6.07, 6.45) is 1.96. The molecule has 1 aromatic rings. The minimum atomic E-state index is -3.11. The molecule has 0 radical (unpaired) electrons. The van der Waals surface area contributed by atoms with Crippen LogP contribution in [0.25, 0.3) is 0 Å². The lowest BCUT2D eigenvalue weighted by Crippen LogP contribution is -2.32. The van der Waals surface area contributed by atoms with E-state index in [1.165, 1.54) is 22.7 Å². The summed E-state index contributed by atoms with van der Waals surface area (Å²) < 4.78 is 37.9. The number of nitrogens with one attached hydrogen (secondary N) is 1. The maximum Gasteiger partial charge on any atom is 0.211 e. The summed E-state index contributed by atoms with van der Waals surface area (Å²) in [5.74, 6) is -0.271. The first-order valence-electron chi connectivity index (χ1n) is 6.44. The molecule has 4 nitrogen and oxygen atoms in total. The Hall–Kier alpha value is -0.500. The highest BCUT2D eigenvalue weighted by atomic mass is 79.9. The van der Waals surface area contributed by atoms with Gasteiger partial charge in [0, 0.05) is 24.1 Å². The first-order valence-corrected chi connectivity index (χ1v) is 9.08. The van der Waals surface area contributed by atoms with E-state index in [1.807, 2.05) is 6.92 Å². The van der Waals surface area contributed by atoms with Crippen LogP contribution in [0.3, 0.4) is 0 Å². The summed E-state index contributed by atoms with van der Waals surface area (Å²) in [6, 6.07) is 4.57. The Kier molecular flexibility index (Phi) is 7.08. The van der Waals surface area contributed by atoms with Gasteiger partial charge >= 0.3 is 0 Å². The predicted octanol–water partition coefficient (Wildman–Crippen LogP) is 2.35. The molecule has 1 N–H and O–H groups in total. The van der Waals surface area contributed by atoms with E-state index in [9.17, 15) is 12.8 Å². The van der Waals surface area contributed by atoms with Crippen molar-refractivity contribution in [2.24, 2.45) is 0 Å². The van der Waals surface area contributed by atoms with Crippen LogP contribution in [0.4, 0.5) is 4.39 Å². The molecule has 0 bridgehead atoms. The molecule has 0 unspecified atom stereocenters. The van der Waals surface area contributed by atoms with Crippen molar-refractivity contribution in [2.45, 2.75) is 19.9 Å². The van der Waals surface area contributed by atoms with E-state index in [4.69, 9.17) is 0 Å². The first kappa shape index (κ1) is 17.6. The Morgan fingerprint density at radius 3 is 2.65 bits per heavy atom. The molecule has 0 aliphatic rings. The number of sulfonamides is 1. The number of halogens is 2. The van der Waals surface area contributed by atoms with Gasteiger partial charge in [-0.3, -0.25) is 0 Å². The van der Waals surface area contributed by atoms with E-state index in [0.29, 0.717) is 26.2 Å². The maximum absolute atomic E-state index is 12.9. The molecule has 1 aromatic carbocycles. The van der Waals surface area contributed by atoms with Crippen molar-refractivity contribution in [1.82, 2.24) is 9.62 Å². The Morgan fingerprint density at radius 2 is 2.10 bits per heavy atom. The third kappa shape index (κ3) is 5.87. The molecule has 0 aliphatic carbocycles.